The highest BCUT2D eigenvalue weighted by Gasteiger charge is 2.43. The second-order valence-electron chi connectivity index (χ2n) is 8.39. The number of ketones is 1. The van der Waals surface area contributed by atoms with Crippen LogP contribution in [0, 0.1) is 11.3 Å². The molecule has 1 aromatic carbocycles. The van der Waals surface area contributed by atoms with Crippen LogP contribution in [0.3, 0.4) is 0 Å². The maximum absolute atomic E-state index is 13.1. The van der Waals surface area contributed by atoms with E-state index in [0.29, 0.717) is 0 Å². The summed E-state index contributed by atoms with van der Waals surface area (Å²) in [5.41, 5.74) is -2.18. The molecule has 28 heavy (non-hydrogen) atoms. The van der Waals surface area contributed by atoms with Crippen LogP contribution in [0.4, 0.5) is 13.2 Å². The molecule has 1 aliphatic rings. The number of nitrogens with one attached hydrogen (secondary N) is 1. The molecule has 2 rings (SSSR count). The molecule has 1 unspecified atom stereocenters. The number of benzene rings is 1. The highest BCUT2D eigenvalue weighted by atomic mass is 19.4. The fraction of sp³-hybridized carbons (Fsp3) is 0.524. The molecule has 0 radical (unpaired) electrons. The molecule has 1 atom stereocenters. The average Bonchev–Trinajstić information content (AvgIpc) is 2.94. The van der Waals surface area contributed by atoms with E-state index in [0.717, 1.165) is 12.1 Å². The summed E-state index contributed by atoms with van der Waals surface area (Å²) in [6.07, 6.45) is -1.46. The Hall–Kier alpha value is -2.31. The Morgan fingerprint density at radius 3 is 2.36 bits per heavy atom. The van der Waals surface area contributed by atoms with Crippen molar-refractivity contribution in [2.75, 3.05) is 0 Å². The lowest BCUT2D eigenvalue weighted by atomic mass is 9.76. The van der Waals surface area contributed by atoms with Crippen molar-refractivity contribution < 1.29 is 27.5 Å². The van der Waals surface area contributed by atoms with Gasteiger partial charge in [0, 0.05) is 18.5 Å². The van der Waals surface area contributed by atoms with E-state index >= 15 is 0 Å². The molecule has 7 heteroatoms. The van der Waals surface area contributed by atoms with Crippen LogP contribution in [0.25, 0.3) is 0 Å². The fourth-order valence-electron chi connectivity index (χ4n) is 3.13. The van der Waals surface area contributed by atoms with Crippen molar-refractivity contribution in [3.8, 4) is 5.75 Å². The number of hydrogen-bond donors (Lipinski definition) is 1. The van der Waals surface area contributed by atoms with Gasteiger partial charge in [0.15, 0.2) is 5.78 Å². The normalized spacial score (nSPS) is 20.0. The SMILES string of the molecule is CC(C)C1(C(=O)NCc2cc(C(F)(F)F)ccc2OC(C)(C)C)C=CC(=O)C1. The Morgan fingerprint density at radius 1 is 1.25 bits per heavy atom. The second-order valence-corrected chi connectivity index (χ2v) is 8.39. The highest BCUT2D eigenvalue weighted by molar-refractivity contribution is 6.00. The lowest BCUT2D eigenvalue weighted by Crippen LogP contribution is -2.42. The van der Waals surface area contributed by atoms with Crippen molar-refractivity contribution in [1.29, 1.82) is 0 Å². The summed E-state index contributed by atoms with van der Waals surface area (Å²) in [7, 11) is 0. The van der Waals surface area contributed by atoms with Crippen LogP contribution in [0.15, 0.2) is 30.4 Å². The van der Waals surface area contributed by atoms with Crippen LogP contribution in [0.5, 0.6) is 5.75 Å². The summed E-state index contributed by atoms with van der Waals surface area (Å²) >= 11 is 0. The lowest BCUT2D eigenvalue weighted by Gasteiger charge is -2.30. The average molecular weight is 397 g/mol. The molecule has 0 aromatic heterocycles. The van der Waals surface area contributed by atoms with Gasteiger partial charge < -0.3 is 10.1 Å². The Labute approximate surface area is 163 Å². The van der Waals surface area contributed by atoms with Gasteiger partial charge in [-0.1, -0.05) is 19.9 Å². The van der Waals surface area contributed by atoms with Gasteiger partial charge in [-0.3, -0.25) is 9.59 Å². The molecular formula is C21H26F3NO3. The quantitative estimate of drug-likeness (QED) is 0.786. The number of ether oxygens (including phenoxy) is 1. The molecule has 4 nitrogen and oxygen atoms in total. The first kappa shape index (κ1) is 22.0. The van der Waals surface area contributed by atoms with E-state index in [1.165, 1.54) is 12.1 Å². The molecule has 1 amide bonds. The zero-order chi connectivity index (χ0) is 21.3. The van der Waals surface area contributed by atoms with Crippen molar-refractivity contribution in [2.24, 2.45) is 11.3 Å². The van der Waals surface area contributed by atoms with E-state index in [2.05, 4.69) is 5.32 Å². The van der Waals surface area contributed by atoms with Crippen molar-refractivity contribution in [2.45, 2.75) is 59.4 Å². The number of carbonyl (C=O) groups excluding carboxylic acids is 2. The predicted molar refractivity (Wildman–Crippen MR) is 99.7 cm³/mol. The van der Waals surface area contributed by atoms with Gasteiger partial charge >= 0.3 is 6.18 Å². The molecule has 1 aliphatic carbocycles. The highest BCUT2D eigenvalue weighted by Crippen LogP contribution is 2.38. The second kappa shape index (κ2) is 7.60. The number of alkyl halides is 3. The van der Waals surface area contributed by atoms with Gasteiger partial charge in [0.2, 0.25) is 5.91 Å². The number of hydrogen-bond acceptors (Lipinski definition) is 3. The Kier molecular flexibility index (Phi) is 5.97. The van der Waals surface area contributed by atoms with Crippen LogP contribution >= 0.6 is 0 Å². The molecule has 0 fully saturated rings. The minimum absolute atomic E-state index is 0.0600. The number of rotatable bonds is 5. The van der Waals surface area contributed by atoms with E-state index in [1.54, 1.807) is 26.8 Å². The molecule has 0 spiro atoms. The van der Waals surface area contributed by atoms with Crippen LogP contribution in [0.1, 0.15) is 52.2 Å². The molecule has 0 aliphatic heterocycles. The smallest absolute Gasteiger partial charge is 0.416 e. The summed E-state index contributed by atoms with van der Waals surface area (Å²) in [5.74, 6) is -0.386. The van der Waals surface area contributed by atoms with Crippen molar-refractivity contribution in [3.05, 3.63) is 41.5 Å². The number of halogens is 3. The van der Waals surface area contributed by atoms with Gasteiger partial charge in [-0.05, 0) is 51.0 Å². The molecule has 0 heterocycles. The summed E-state index contributed by atoms with van der Waals surface area (Å²) < 4.78 is 45.1. The molecule has 154 valence electrons. The fourth-order valence-corrected chi connectivity index (χ4v) is 3.13. The van der Waals surface area contributed by atoms with Crippen LogP contribution in [-0.4, -0.2) is 17.3 Å². The van der Waals surface area contributed by atoms with E-state index < -0.39 is 22.8 Å². The van der Waals surface area contributed by atoms with Crippen LogP contribution in [0.2, 0.25) is 0 Å². The third-order valence-corrected chi connectivity index (χ3v) is 4.73. The van der Waals surface area contributed by atoms with E-state index in [1.807, 2.05) is 13.8 Å². The van der Waals surface area contributed by atoms with Gasteiger partial charge in [-0.25, -0.2) is 0 Å². The Balaban J connectivity index is 2.29. The maximum atomic E-state index is 13.1. The zero-order valence-electron chi connectivity index (χ0n) is 16.7. The van der Waals surface area contributed by atoms with E-state index in [-0.39, 0.29) is 41.9 Å². The Morgan fingerprint density at radius 2 is 1.89 bits per heavy atom. The maximum Gasteiger partial charge on any atom is 0.416 e. The summed E-state index contributed by atoms with van der Waals surface area (Å²) in [4.78, 5) is 24.5. The van der Waals surface area contributed by atoms with E-state index in [9.17, 15) is 22.8 Å². The first-order valence-electron chi connectivity index (χ1n) is 9.14. The summed E-state index contributed by atoms with van der Waals surface area (Å²) in [6.45, 7) is 8.90. The van der Waals surface area contributed by atoms with Gasteiger partial charge in [-0.15, -0.1) is 0 Å². The predicted octanol–water partition coefficient (Wildman–Crippen LogP) is 4.67. The van der Waals surface area contributed by atoms with Crippen molar-refractivity contribution >= 4 is 11.7 Å². The van der Waals surface area contributed by atoms with Crippen LogP contribution in [-0.2, 0) is 22.3 Å². The first-order valence-corrected chi connectivity index (χ1v) is 9.14. The largest absolute Gasteiger partial charge is 0.488 e. The topological polar surface area (TPSA) is 55.4 Å². The standard InChI is InChI=1S/C21H26F3NO3/c1-13(2)20(9-8-16(26)11-20)18(27)25-12-14-10-15(21(22,23)24)6-7-17(14)28-19(3,4)5/h6-10,13H,11-12H2,1-5H3,(H,25,27). The first-order chi connectivity index (χ1) is 12.7. The third-order valence-electron chi connectivity index (χ3n) is 4.73. The summed E-state index contributed by atoms with van der Waals surface area (Å²) in [6, 6.07) is 3.21. The molecular weight excluding hydrogens is 371 g/mol. The molecule has 1 N–H and O–H groups in total. The molecule has 0 saturated carbocycles. The zero-order valence-corrected chi connectivity index (χ0v) is 16.7. The molecule has 1 aromatic rings. The minimum Gasteiger partial charge on any atom is -0.488 e. The Bertz CT molecular complexity index is 791. The molecule has 0 bridgehead atoms. The van der Waals surface area contributed by atoms with Gasteiger partial charge in [-0.2, -0.15) is 13.2 Å². The van der Waals surface area contributed by atoms with Gasteiger partial charge in [0.1, 0.15) is 11.4 Å². The monoisotopic (exact) mass is 397 g/mol. The van der Waals surface area contributed by atoms with Gasteiger partial charge in [0.05, 0.1) is 11.0 Å². The summed E-state index contributed by atoms with van der Waals surface area (Å²) in [5, 5.41) is 2.70. The number of amides is 1. The van der Waals surface area contributed by atoms with Gasteiger partial charge in [0.25, 0.3) is 0 Å². The van der Waals surface area contributed by atoms with Crippen LogP contribution < -0.4 is 10.1 Å². The number of allylic oxidation sites excluding steroid dienone is 1. The number of carbonyl (C=O) groups is 2. The van der Waals surface area contributed by atoms with E-state index in [4.69, 9.17) is 4.74 Å². The lowest BCUT2D eigenvalue weighted by molar-refractivity contribution is -0.137. The van der Waals surface area contributed by atoms with Crippen molar-refractivity contribution in [1.82, 2.24) is 5.32 Å². The third kappa shape index (κ3) is 4.94. The van der Waals surface area contributed by atoms with Crippen molar-refractivity contribution in [3.63, 3.8) is 0 Å². The minimum atomic E-state index is -4.50. The molecule has 0 saturated heterocycles.